The maximum Gasteiger partial charge on any atom is 0.115 e. The first-order chi connectivity index (χ1) is 7.30. The lowest BCUT2D eigenvalue weighted by Gasteiger charge is -2.37. The van der Waals surface area contributed by atoms with E-state index >= 15 is 0 Å². The molecule has 0 amide bonds. The number of nitrogens with zero attached hydrogens (tertiary/aromatic N) is 3. The largest absolute Gasteiger partial charge is 0.306 e. The zero-order chi connectivity index (χ0) is 10.3. The highest BCUT2D eigenvalue weighted by molar-refractivity contribution is 5.30. The fraction of sp³-hybridized carbons (Fsp3) is 0.636. The van der Waals surface area contributed by atoms with Crippen molar-refractivity contribution in [3.63, 3.8) is 0 Å². The first-order valence-electron chi connectivity index (χ1n) is 5.53. The Bertz CT molecular complexity index is 369. The van der Waals surface area contributed by atoms with Crippen molar-refractivity contribution in [3.8, 4) is 0 Å². The summed E-state index contributed by atoms with van der Waals surface area (Å²) in [4.78, 5) is 10.9. The van der Waals surface area contributed by atoms with Gasteiger partial charge in [-0.25, -0.2) is 9.97 Å². The summed E-state index contributed by atoms with van der Waals surface area (Å²) in [6.45, 7) is 3.23. The predicted octanol–water partition coefficient (Wildman–Crippen LogP) is 0.501. The van der Waals surface area contributed by atoms with Gasteiger partial charge in [-0.05, 0) is 33.0 Å². The molecule has 0 radical (unpaired) electrons. The summed E-state index contributed by atoms with van der Waals surface area (Å²) in [5.41, 5.74) is 2.66. The number of piperidine rings is 1. The highest BCUT2D eigenvalue weighted by atomic mass is 15.2. The molecule has 2 aliphatic rings. The average Bonchev–Trinajstić information content (AvgIpc) is 2.63. The zero-order valence-corrected chi connectivity index (χ0v) is 9.03. The number of nitrogens with one attached hydrogen (secondary N) is 1. The van der Waals surface area contributed by atoms with Gasteiger partial charge in [0.25, 0.3) is 0 Å². The van der Waals surface area contributed by atoms with Gasteiger partial charge in [0.05, 0.1) is 11.2 Å². The SMILES string of the molecule is CN1CCC2(CC1)NCc1cncnc12. The summed E-state index contributed by atoms with van der Waals surface area (Å²) in [7, 11) is 2.18. The minimum atomic E-state index is 0.144. The lowest BCUT2D eigenvalue weighted by Crippen LogP contribution is -2.47. The van der Waals surface area contributed by atoms with Crippen LogP contribution >= 0.6 is 0 Å². The molecule has 1 saturated heterocycles. The maximum atomic E-state index is 4.47. The molecule has 1 spiro atoms. The molecule has 0 atom stereocenters. The van der Waals surface area contributed by atoms with E-state index in [9.17, 15) is 0 Å². The molecule has 3 heterocycles. The standard InChI is InChI=1S/C11H16N4/c1-15-4-2-11(3-5-15)10-9(7-14-11)6-12-8-13-10/h6,8,14H,2-5,7H2,1H3. The van der Waals surface area contributed by atoms with Gasteiger partial charge in [0.2, 0.25) is 0 Å². The third kappa shape index (κ3) is 1.36. The minimum Gasteiger partial charge on any atom is -0.306 e. The van der Waals surface area contributed by atoms with Gasteiger partial charge in [-0.15, -0.1) is 0 Å². The summed E-state index contributed by atoms with van der Waals surface area (Å²) in [6, 6.07) is 0. The van der Waals surface area contributed by atoms with Crippen LogP contribution in [0.25, 0.3) is 0 Å². The molecule has 0 bridgehead atoms. The summed E-state index contributed by atoms with van der Waals surface area (Å²) in [5, 5.41) is 3.63. The van der Waals surface area contributed by atoms with E-state index in [0.29, 0.717) is 0 Å². The summed E-state index contributed by atoms with van der Waals surface area (Å²) in [5.74, 6) is 0. The molecule has 1 N–H and O–H groups in total. The Kier molecular flexibility index (Phi) is 2.00. The zero-order valence-electron chi connectivity index (χ0n) is 9.03. The second kappa shape index (κ2) is 3.25. The monoisotopic (exact) mass is 204 g/mol. The molecule has 4 nitrogen and oxygen atoms in total. The number of rotatable bonds is 0. The molecular weight excluding hydrogens is 188 g/mol. The van der Waals surface area contributed by atoms with E-state index in [0.717, 1.165) is 32.5 Å². The van der Waals surface area contributed by atoms with E-state index in [1.54, 1.807) is 6.33 Å². The van der Waals surface area contributed by atoms with Crippen LogP contribution in [0.5, 0.6) is 0 Å². The quantitative estimate of drug-likeness (QED) is 0.668. The number of likely N-dealkylation sites (tertiary alicyclic amines) is 1. The lowest BCUT2D eigenvalue weighted by atomic mass is 9.85. The van der Waals surface area contributed by atoms with Crippen LogP contribution in [-0.4, -0.2) is 35.0 Å². The minimum absolute atomic E-state index is 0.144. The number of aromatic nitrogens is 2. The summed E-state index contributed by atoms with van der Waals surface area (Å²) in [6.07, 6.45) is 5.94. The number of fused-ring (bicyclic) bond motifs is 2. The molecule has 4 heteroatoms. The predicted molar refractivity (Wildman–Crippen MR) is 57.3 cm³/mol. The molecule has 1 aromatic heterocycles. The molecule has 0 saturated carbocycles. The Morgan fingerprint density at radius 2 is 2.20 bits per heavy atom. The van der Waals surface area contributed by atoms with Crippen molar-refractivity contribution in [1.29, 1.82) is 0 Å². The molecule has 0 aromatic carbocycles. The van der Waals surface area contributed by atoms with Gasteiger partial charge in [0.1, 0.15) is 6.33 Å². The Morgan fingerprint density at radius 3 is 3.00 bits per heavy atom. The van der Waals surface area contributed by atoms with Crippen LogP contribution in [0.15, 0.2) is 12.5 Å². The van der Waals surface area contributed by atoms with Crippen molar-refractivity contribution >= 4 is 0 Å². The lowest BCUT2D eigenvalue weighted by molar-refractivity contribution is 0.163. The Balaban J connectivity index is 1.95. The van der Waals surface area contributed by atoms with Crippen LogP contribution in [0.2, 0.25) is 0 Å². The van der Waals surface area contributed by atoms with Gasteiger partial charge in [-0.3, -0.25) is 0 Å². The van der Waals surface area contributed by atoms with E-state index < -0.39 is 0 Å². The van der Waals surface area contributed by atoms with E-state index in [-0.39, 0.29) is 5.54 Å². The van der Waals surface area contributed by atoms with Crippen LogP contribution in [-0.2, 0) is 12.1 Å². The van der Waals surface area contributed by atoms with E-state index in [2.05, 4.69) is 27.2 Å². The van der Waals surface area contributed by atoms with Crippen molar-refractivity contribution in [3.05, 3.63) is 23.8 Å². The van der Waals surface area contributed by atoms with Crippen LogP contribution in [0.1, 0.15) is 24.1 Å². The number of hydrogen-bond donors (Lipinski definition) is 1. The molecule has 80 valence electrons. The molecular formula is C11H16N4. The van der Waals surface area contributed by atoms with Gasteiger partial charge >= 0.3 is 0 Å². The van der Waals surface area contributed by atoms with Crippen LogP contribution < -0.4 is 5.32 Å². The van der Waals surface area contributed by atoms with E-state index in [1.165, 1.54) is 11.3 Å². The van der Waals surface area contributed by atoms with Crippen LogP contribution in [0, 0.1) is 0 Å². The van der Waals surface area contributed by atoms with Gasteiger partial charge < -0.3 is 10.2 Å². The highest BCUT2D eigenvalue weighted by Crippen LogP contribution is 2.37. The van der Waals surface area contributed by atoms with E-state index in [1.807, 2.05) is 6.20 Å². The first kappa shape index (κ1) is 9.24. The van der Waals surface area contributed by atoms with Crippen molar-refractivity contribution < 1.29 is 0 Å². The fourth-order valence-electron chi connectivity index (χ4n) is 2.68. The Hall–Kier alpha value is -1.00. The summed E-state index contributed by atoms with van der Waals surface area (Å²) >= 11 is 0. The molecule has 1 aromatic rings. The van der Waals surface area contributed by atoms with Gasteiger partial charge in [0, 0.05) is 18.3 Å². The van der Waals surface area contributed by atoms with Gasteiger partial charge in [0.15, 0.2) is 0 Å². The topological polar surface area (TPSA) is 41.0 Å². The Morgan fingerprint density at radius 1 is 1.40 bits per heavy atom. The fourth-order valence-corrected chi connectivity index (χ4v) is 2.68. The van der Waals surface area contributed by atoms with Gasteiger partial charge in [-0.1, -0.05) is 0 Å². The number of hydrogen-bond acceptors (Lipinski definition) is 4. The molecule has 0 unspecified atom stereocenters. The first-order valence-corrected chi connectivity index (χ1v) is 5.53. The second-order valence-electron chi connectivity index (χ2n) is 4.64. The molecule has 2 aliphatic heterocycles. The van der Waals surface area contributed by atoms with Crippen LogP contribution in [0.3, 0.4) is 0 Å². The third-order valence-electron chi connectivity index (χ3n) is 3.70. The molecule has 1 fully saturated rings. The van der Waals surface area contributed by atoms with Crippen molar-refractivity contribution in [2.24, 2.45) is 0 Å². The molecule has 3 rings (SSSR count). The smallest absolute Gasteiger partial charge is 0.115 e. The van der Waals surface area contributed by atoms with Crippen molar-refractivity contribution in [2.45, 2.75) is 24.9 Å². The van der Waals surface area contributed by atoms with Crippen molar-refractivity contribution in [2.75, 3.05) is 20.1 Å². The third-order valence-corrected chi connectivity index (χ3v) is 3.70. The molecule has 0 aliphatic carbocycles. The van der Waals surface area contributed by atoms with Gasteiger partial charge in [-0.2, -0.15) is 0 Å². The Labute approximate surface area is 89.7 Å². The molecule has 15 heavy (non-hydrogen) atoms. The van der Waals surface area contributed by atoms with E-state index in [4.69, 9.17) is 0 Å². The average molecular weight is 204 g/mol. The normalized spacial score (nSPS) is 24.3. The van der Waals surface area contributed by atoms with Crippen molar-refractivity contribution in [1.82, 2.24) is 20.2 Å². The van der Waals surface area contributed by atoms with Crippen LogP contribution in [0.4, 0.5) is 0 Å². The maximum absolute atomic E-state index is 4.47. The second-order valence-corrected chi connectivity index (χ2v) is 4.64. The summed E-state index contributed by atoms with van der Waals surface area (Å²) < 4.78 is 0. The highest BCUT2D eigenvalue weighted by Gasteiger charge is 2.41.